The lowest BCUT2D eigenvalue weighted by molar-refractivity contribution is 0.288. The molecule has 0 radical (unpaired) electrons. The highest BCUT2D eigenvalue weighted by atomic mass is 32.2. The summed E-state index contributed by atoms with van der Waals surface area (Å²) in [6, 6.07) is 2.13. The summed E-state index contributed by atoms with van der Waals surface area (Å²) in [4.78, 5) is 20.8. The van der Waals surface area contributed by atoms with Crippen molar-refractivity contribution in [3.05, 3.63) is 17.5 Å². The monoisotopic (exact) mass is 292 g/mol. The minimum Gasteiger partial charge on any atom is -0.463 e. The van der Waals surface area contributed by atoms with Gasteiger partial charge in [0.25, 0.3) is 0 Å². The van der Waals surface area contributed by atoms with Gasteiger partial charge in [-0.25, -0.2) is 9.97 Å². The lowest BCUT2D eigenvalue weighted by Crippen LogP contribution is -2.05. The average Bonchev–Trinajstić information content (AvgIpc) is 2.34. The highest BCUT2D eigenvalue weighted by Gasteiger charge is 2.09. The van der Waals surface area contributed by atoms with Crippen LogP contribution in [0.15, 0.2) is 16.4 Å². The second-order valence-electron chi connectivity index (χ2n) is 4.14. The fourth-order valence-electron chi connectivity index (χ4n) is 1.48. The van der Waals surface area contributed by atoms with Gasteiger partial charge in [0.05, 0.1) is 6.61 Å². The highest BCUT2D eigenvalue weighted by molar-refractivity contribution is 7.99. The maximum Gasteiger partial charge on any atom is 0.322 e. The second kappa shape index (κ2) is 6.47. The summed E-state index contributed by atoms with van der Waals surface area (Å²) in [6.45, 7) is 6.36. The number of aryl methyl sites for hydroxylation is 2. The summed E-state index contributed by atoms with van der Waals surface area (Å²) < 4.78 is 5.37. The van der Waals surface area contributed by atoms with Crippen LogP contribution in [0, 0.1) is 13.8 Å². The van der Waals surface area contributed by atoms with E-state index in [0.29, 0.717) is 16.9 Å². The molecular formula is C12H16N6OS. The number of nitrogens with zero attached hydrogens (tertiary/aromatic N) is 5. The second-order valence-corrected chi connectivity index (χ2v) is 5.08. The first-order valence-corrected chi connectivity index (χ1v) is 7.03. The molecule has 0 aliphatic heterocycles. The molecule has 2 N–H and O–H groups in total. The molecule has 0 bridgehead atoms. The van der Waals surface area contributed by atoms with Crippen LogP contribution < -0.4 is 10.5 Å². The Morgan fingerprint density at radius 1 is 1.05 bits per heavy atom. The molecule has 0 saturated heterocycles. The van der Waals surface area contributed by atoms with E-state index in [4.69, 9.17) is 10.5 Å². The molecule has 0 amide bonds. The van der Waals surface area contributed by atoms with Gasteiger partial charge in [0.1, 0.15) is 0 Å². The molecule has 2 aromatic rings. The zero-order valence-electron chi connectivity index (χ0n) is 11.6. The highest BCUT2D eigenvalue weighted by Crippen LogP contribution is 2.23. The van der Waals surface area contributed by atoms with Gasteiger partial charge in [0.2, 0.25) is 11.1 Å². The predicted octanol–water partition coefficient (Wildman–Crippen LogP) is 1.80. The van der Waals surface area contributed by atoms with Gasteiger partial charge in [-0.15, -0.1) is 0 Å². The number of hydrogen-bond donors (Lipinski definition) is 1. The van der Waals surface area contributed by atoms with E-state index in [0.717, 1.165) is 17.8 Å². The van der Waals surface area contributed by atoms with Crippen LogP contribution in [0.3, 0.4) is 0 Å². The van der Waals surface area contributed by atoms with E-state index >= 15 is 0 Å². The Morgan fingerprint density at radius 2 is 1.70 bits per heavy atom. The van der Waals surface area contributed by atoms with Crippen LogP contribution >= 0.6 is 11.8 Å². The quantitative estimate of drug-likeness (QED) is 0.833. The molecule has 2 aromatic heterocycles. The molecule has 0 fully saturated rings. The van der Waals surface area contributed by atoms with Gasteiger partial charge in [-0.2, -0.15) is 15.0 Å². The van der Waals surface area contributed by atoms with E-state index in [9.17, 15) is 0 Å². The van der Waals surface area contributed by atoms with Gasteiger partial charge in [0.15, 0.2) is 5.16 Å². The molecule has 8 heteroatoms. The van der Waals surface area contributed by atoms with Gasteiger partial charge in [0, 0.05) is 11.4 Å². The van der Waals surface area contributed by atoms with Gasteiger partial charge < -0.3 is 10.5 Å². The van der Waals surface area contributed by atoms with E-state index in [-0.39, 0.29) is 12.0 Å². The molecule has 7 nitrogen and oxygen atoms in total. The van der Waals surface area contributed by atoms with E-state index in [1.54, 1.807) is 0 Å². The summed E-state index contributed by atoms with van der Waals surface area (Å²) in [6.07, 6.45) is 0.869. The average molecular weight is 292 g/mol. The van der Waals surface area contributed by atoms with Crippen molar-refractivity contribution in [3.63, 3.8) is 0 Å². The van der Waals surface area contributed by atoms with Crippen molar-refractivity contribution in [1.29, 1.82) is 0 Å². The molecule has 0 saturated carbocycles. The van der Waals surface area contributed by atoms with Crippen LogP contribution in [0.2, 0.25) is 0 Å². The van der Waals surface area contributed by atoms with Crippen molar-refractivity contribution in [1.82, 2.24) is 24.9 Å². The Balaban J connectivity index is 2.21. The zero-order chi connectivity index (χ0) is 14.5. The Hall–Kier alpha value is -1.96. The fraction of sp³-hybridized carbons (Fsp3) is 0.417. The molecular weight excluding hydrogens is 276 g/mol. The first-order valence-electron chi connectivity index (χ1n) is 6.21. The summed E-state index contributed by atoms with van der Waals surface area (Å²) in [5.74, 6) is 0.123. The predicted molar refractivity (Wildman–Crippen MR) is 75.7 cm³/mol. The third kappa shape index (κ3) is 4.02. The SMILES string of the molecule is CCCOc1nc(N)nc(Sc2nc(C)cc(C)n2)n1. The number of hydrogen-bond acceptors (Lipinski definition) is 8. The maximum atomic E-state index is 5.65. The molecule has 0 spiro atoms. The van der Waals surface area contributed by atoms with Crippen LogP contribution in [0.5, 0.6) is 6.01 Å². The third-order valence-corrected chi connectivity index (χ3v) is 2.92. The van der Waals surface area contributed by atoms with Crippen molar-refractivity contribution < 1.29 is 4.74 Å². The normalized spacial score (nSPS) is 10.6. The molecule has 0 aliphatic carbocycles. The summed E-state index contributed by atoms with van der Waals surface area (Å²) >= 11 is 1.23. The number of nitrogen functional groups attached to an aromatic ring is 1. The van der Waals surface area contributed by atoms with Gasteiger partial charge >= 0.3 is 6.01 Å². The van der Waals surface area contributed by atoms with Crippen molar-refractivity contribution in [2.75, 3.05) is 12.3 Å². The Bertz CT molecular complexity index is 586. The topological polar surface area (TPSA) is 99.7 Å². The molecule has 2 rings (SSSR count). The largest absolute Gasteiger partial charge is 0.463 e. The number of rotatable bonds is 5. The summed E-state index contributed by atoms with van der Waals surface area (Å²) in [7, 11) is 0. The number of nitrogens with two attached hydrogens (primary N) is 1. The third-order valence-electron chi connectivity index (χ3n) is 2.19. The Morgan fingerprint density at radius 3 is 2.35 bits per heavy atom. The Labute approximate surface area is 121 Å². The molecule has 0 aromatic carbocycles. The van der Waals surface area contributed by atoms with Crippen LogP contribution in [-0.4, -0.2) is 31.5 Å². The molecule has 2 heterocycles. The number of aromatic nitrogens is 5. The van der Waals surface area contributed by atoms with Crippen LogP contribution in [0.25, 0.3) is 0 Å². The molecule has 0 unspecified atom stereocenters. The number of anilines is 1. The van der Waals surface area contributed by atoms with Crippen LogP contribution in [-0.2, 0) is 0 Å². The van der Waals surface area contributed by atoms with E-state index in [1.807, 2.05) is 26.8 Å². The maximum absolute atomic E-state index is 5.65. The standard InChI is InChI=1S/C12H16N6OS/c1-4-5-19-10-16-9(13)17-12(18-10)20-11-14-7(2)6-8(3)15-11/h6H,4-5H2,1-3H3,(H2,13,16,17,18). The van der Waals surface area contributed by atoms with Crippen molar-refractivity contribution >= 4 is 17.7 Å². The van der Waals surface area contributed by atoms with E-state index < -0.39 is 0 Å². The Kier molecular flexibility index (Phi) is 4.67. The number of ether oxygens (including phenoxy) is 1. The van der Waals surface area contributed by atoms with Crippen LogP contribution in [0.1, 0.15) is 24.7 Å². The van der Waals surface area contributed by atoms with Crippen molar-refractivity contribution in [3.8, 4) is 6.01 Å². The van der Waals surface area contributed by atoms with Gasteiger partial charge in [-0.1, -0.05) is 6.92 Å². The van der Waals surface area contributed by atoms with E-state index in [1.165, 1.54) is 11.8 Å². The van der Waals surface area contributed by atoms with Crippen molar-refractivity contribution in [2.24, 2.45) is 0 Å². The lowest BCUT2D eigenvalue weighted by atomic mass is 10.4. The first kappa shape index (κ1) is 14.4. The smallest absolute Gasteiger partial charge is 0.322 e. The molecule has 0 aliphatic rings. The molecule has 0 atom stereocenters. The van der Waals surface area contributed by atoms with Gasteiger partial charge in [-0.3, -0.25) is 0 Å². The van der Waals surface area contributed by atoms with E-state index in [2.05, 4.69) is 24.9 Å². The van der Waals surface area contributed by atoms with Gasteiger partial charge in [-0.05, 0) is 38.1 Å². The summed E-state index contributed by atoms with van der Waals surface area (Å²) in [5, 5.41) is 1.00. The zero-order valence-corrected chi connectivity index (χ0v) is 12.4. The molecule has 106 valence electrons. The fourth-order valence-corrected chi connectivity index (χ4v) is 2.28. The minimum absolute atomic E-state index is 0.123. The lowest BCUT2D eigenvalue weighted by Gasteiger charge is -2.05. The minimum atomic E-state index is 0.123. The summed E-state index contributed by atoms with van der Waals surface area (Å²) in [5.41, 5.74) is 7.43. The first-order chi connectivity index (χ1) is 9.56. The molecule has 20 heavy (non-hydrogen) atoms. The van der Waals surface area contributed by atoms with Crippen LogP contribution in [0.4, 0.5) is 5.95 Å². The van der Waals surface area contributed by atoms with Crippen molar-refractivity contribution in [2.45, 2.75) is 37.5 Å².